The van der Waals surface area contributed by atoms with E-state index < -0.39 is 0 Å². The average Bonchev–Trinajstić information content (AvgIpc) is 2.17. The molecule has 0 aliphatic rings. The number of hydrogen-bond donors (Lipinski definition) is 2. The molecule has 86 valence electrons. The predicted molar refractivity (Wildman–Crippen MR) is 63.3 cm³/mol. The lowest BCUT2D eigenvalue weighted by atomic mass is 9.93. The summed E-state index contributed by atoms with van der Waals surface area (Å²) in [5, 5.41) is 0. The Morgan fingerprint density at radius 3 is 2.00 bits per heavy atom. The van der Waals surface area contributed by atoms with Gasteiger partial charge >= 0.3 is 0 Å². The summed E-state index contributed by atoms with van der Waals surface area (Å²) >= 11 is 0. The van der Waals surface area contributed by atoms with Crippen LogP contribution in [0.5, 0.6) is 0 Å². The van der Waals surface area contributed by atoms with Gasteiger partial charge in [-0.25, -0.2) is 0 Å². The van der Waals surface area contributed by atoms with Gasteiger partial charge in [0.25, 0.3) is 0 Å². The van der Waals surface area contributed by atoms with Gasteiger partial charge in [-0.3, -0.25) is 4.90 Å². The van der Waals surface area contributed by atoms with Gasteiger partial charge in [0.05, 0.1) is 0 Å². The van der Waals surface area contributed by atoms with Crippen LogP contribution in [0.25, 0.3) is 0 Å². The standard InChI is InChI=1S/C11H27N3/c1-5-11(13,6-2)9-14(8-7-12)10(3)4/h10H,5-9,12-13H2,1-4H3. The Morgan fingerprint density at radius 2 is 1.71 bits per heavy atom. The molecular formula is C11H27N3. The molecule has 0 saturated heterocycles. The second-order valence-electron chi connectivity index (χ2n) is 4.42. The van der Waals surface area contributed by atoms with E-state index in [1.54, 1.807) is 0 Å². The Balaban J connectivity index is 4.25. The fourth-order valence-corrected chi connectivity index (χ4v) is 1.56. The quantitative estimate of drug-likeness (QED) is 0.650. The first-order valence-corrected chi connectivity index (χ1v) is 5.72. The highest BCUT2D eigenvalue weighted by atomic mass is 15.2. The van der Waals surface area contributed by atoms with Crippen LogP contribution in [-0.4, -0.2) is 36.1 Å². The van der Waals surface area contributed by atoms with Gasteiger partial charge in [0.15, 0.2) is 0 Å². The number of hydrogen-bond acceptors (Lipinski definition) is 3. The van der Waals surface area contributed by atoms with E-state index in [2.05, 4.69) is 32.6 Å². The maximum atomic E-state index is 6.28. The molecule has 0 atom stereocenters. The lowest BCUT2D eigenvalue weighted by molar-refractivity contribution is 0.167. The molecule has 0 aromatic rings. The fraction of sp³-hybridized carbons (Fsp3) is 1.00. The minimum Gasteiger partial charge on any atom is -0.329 e. The van der Waals surface area contributed by atoms with Gasteiger partial charge in [-0.2, -0.15) is 0 Å². The summed E-state index contributed by atoms with van der Waals surface area (Å²) < 4.78 is 0. The minimum absolute atomic E-state index is 0.0422. The fourth-order valence-electron chi connectivity index (χ4n) is 1.56. The Bertz CT molecular complexity index is 141. The van der Waals surface area contributed by atoms with Crippen LogP contribution in [0.15, 0.2) is 0 Å². The summed E-state index contributed by atoms with van der Waals surface area (Å²) in [6.45, 7) is 11.3. The lowest BCUT2D eigenvalue weighted by Crippen LogP contribution is -2.52. The Labute approximate surface area is 88.8 Å². The van der Waals surface area contributed by atoms with Gasteiger partial charge in [0, 0.05) is 31.2 Å². The molecule has 0 amide bonds. The molecule has 14 heavy (non-hydrogen) atoms. The van der Waals surface area contributed by atoms with Gasteiger partial charge in [-0.05, 0) is 26.7 Å². The molecule has 0 saturated carbocycles. The maximum Gasteiger partial charge on any atom is 0.0278 e. The Morgan fingerprint density at radius 1 is 1.21 bits per heavy atom. The molecule has 0 aromatic heterocycles. The molecule has 0 rings (SSSR count). The van der Waals surface area contributed by atoms with Gasteiger partial charge in [0.2, 0.25) is 0 Å². The van der Waals surface area contributed by atoms with E-state index in [0.717, 1.165) is 25.9 Å². The van der Waals surface area contributed by atoms with Gasteiger partial charge in [0.1, 0.15) is 0 Å². The SMILES string of the molecule is CCC(N)(CC)CN(CCN)C(C)C. The molecule has 0 aliphatic heterocycles. The van der Waals surface area contributed by atoms with E-state index in [9.17, 15) is 0 Å². The number of rotatable bonds is 7. The molecule has 0 heterocycles. The molecule has 3 heteroatoms. The smallest absolute Gasteiger partial charge is 0.0278 e. The van der Waals surface area contributed by atoms with Crippen molar-refractivity contribution in [3.05, 3.63) is 0 Å². The summed E-state index contributed by atoms with van der Waals surface area (Å²) in [5.41, 5.74) is 11.8. The number of nitrogens with two attached hydrogens (primary N) is 2. The second-order valence-corrected chi connectivity index (χ2v) is 4.42. The molecule has 0 fully saturated rings. The van der Waals surface area contributed by atoms with Gasteiger partial charge in [-0.15, -0.1) is 0 Å². The molecule has 0 unspecified atom stereocenters. The van der Waals surface area contributed by atoms with Gasteiger partial charge in [-0.1, -0.05) is 13.8 Å². The summed E-state index contributed by atoms with van der Waals surface area (Å²) in [5.74, 6) is 0. The first-order chi connectivity index (χ1) is 6.49. The molecule has 0 spiro atoms. The number of nitrogens with zero attached hydrogens (tertiary/aromatic N) is 1. The first-order valence-electron chi connectivity index (χ1n) is 5.72. The van der Waals surface area contributed by atoms with Crippen LogP contribution < -0.4 is 11.5 Å². The minimum atomic E-state index is -0.0422. The van der Waals surface area contributed by atoms with Crippen molar-refractivity contribution in [3.8, 4) is 0 Å². The molecule has 0 bridgehead atoms. The normalized spacial score (nSPS) is 12.9. The highest BCUT2D eigenvalue weighted by molar-refractivity contribution is 4.85. The van der Waals surface area contributed by atoms with Crippen molar-refractivity contribution in [2.24, 2.45) is 11.5 Å². The predicted octanol–water partition coefficient (Wildman–Crippen LogP) is 1.17. The Kier molecular flexibility index (Phi) is 6.33. The van der Waals surface area contributed by atoms with Crippen LogP contribution in [0.1, 0.15) is 40.5 Å². The van der Waals surface area contributed by atoms with E-state index in [1.807, 2.05) is 0 Å². The van der Waals surface area contributed by atoms with Crippen LogP contribution in [0, 0.1) is 0 Å². The maximum absolute atomic E-state index is 6.28. The average molecular weight is 201 g/mol. The first kappa shape index (κ1) is 13.9. The molecular weight excluding hydrogens is 174 g/mol. The second kappa shape index (κ2) is 6.38. The summed E-state index contributed by atoms with van der Waals surface area (Å²) in [6, 6.07) is 0.527. The van der Waals surface area contributed by atoms with Crippen LogP contribution in [-0.2, 0) is 0 Å². The third-order valence-corrected chi connectivity index (χ3v) is 3.07. The third-order valence-electron chi connectivity index (χ3n) is 3.07. The topological polar surface area (TPSA) is 55.3 Å². The zero-order valence-electron chi connectivity index (χ0n) is 10.2. The van der Waals surface area contributed by atoms with Crippen molar-refractivity contribution >= 4 is 0 Å². The van der Waals surface area contributed by atoms with E-state index in [1.165, 1.54) is 0 Å². The van der Waals surface area contributed by atoms with Crippen molar-refractivity contribution in [2.75, 3.05) is 19.6 Å². The summed E-state index contributed by atoms with van der Waals surface area (Å²) in [6.07, 6.45) is 2.05. The highest BCUT2D eigenvalue weighted by Crippen LogP contribution is 2.14. The van der Waals surface area contributed by atoms with Crippen molar-refractivity contribution in [1.29, 1.82) is 0 Å². The highest BCUT2D eigenvalue weighted by Gasteiger charge is 2.24. The van der Waals surface area contributed by atoms with Crippen LogP contribution >= 0.6 is 0 Å². The van der Waals surface area contributed by atoms with E-state index in [0.29, 0.717) is 12.6 Å². The largest absolute Gasteiger partial charge is 0.329 e. The van der Waals surface area contributed by atoms with E-state index >= 15 is 0 Å². The zero-order chi connectivity index (χ0) is 11.2. The molecule has 0 aromatic carbocycles. The van der Waals surface area contributed by atoms with Crippen molar-refractivity contribution < 1.29 is 0 Å². The summed E-state index contributed by atoms with van der Waals surface area (Å²) in [7, 11) is 0. The van der Waals surface area contributed by atoms with E-state index in [4.69, 9.17) is 11.5 Å². The molecule has 4 N–H and O–H groups in total. The van der Waals surface area contributed by atoms with Crippen LogP contribution in [0.2, 0.25) is 0 Å². The zero-order valence-corrected chi connectivity index (χ0v) is 10.2. The van der Waals surface area contributed by atoms with Crippen molar-refractivity contribution in [3.63, 3.8) is 0 Å². The van der Waals surface area contributed by atoms with E-state index in [-0.39, 0.29) is 5.54 Å². The van der Waals surface area contributed by atoms with Crippen LogP contribution in [0.3, 0.4) is 0 Å². The molecule has 0 aliphatic carbocycles. The van der Waals surface area contributed by atoms with Crippen LogP contribution in [0.4, 0.5) is 0 Å². The third kappa shape index (κ3) is 4.40. The lowest BCUT2D eigenvalue weighted by Gasteiger charge is -2.36. The summed E-state index contributed by atoms with van der Waals surface area (Å²) in [4.78, 5) is 2.37. The van der Waals surface area contributed by atoms with Crippen molar-refractivity contribution in [2.45, 2.75) is 52.1 Å². The molecule has 3 nitrogen and oxygen atoms in total. The Hall–Kier alpha value is -0.120. The van der Waals surface area contributed by atoms with Gasteiger partial charge < -0.3 is 11.5 Å². The van der Waals surface area contributed by atoms with Crippen molar-refractivity contribution in [1.82, 2.24) is 4.90 Å². The monoisotopic (exact) mass is 201 g/mol. The molecule has 0 radical (unpaired) electrons.